The van der Waals surface area contributed by atoms with Gasteiger partial charge in [-0.3, -0.25) is 4.79 Å². The predicted molar refractivity (Wildman–Crippen MR) is 101 cm³/mol. The summed E-state index contributed by atoms with van der Waals surface area (Å²) in [6, 6.07) is 18.1. The fourth-order valence-corrected chi connectivity index (χ4v) is 2.84. The summed E-state index contributed by atoms with van der Waals surface area (Å²) >= 11 is 6.16. The number of fused-ring (bicyclic) bond motifs is 1. The van der Waals surface area contributed by atoms with Gasteiger partial charge in [0.05, 0.1) is 11.2 Å². The van der Waals surface area contributed by atoms with Crippen molar-refractivity contribution in [3.8, 4) is 22.8 Å². The third kappa shape index (κ3) is 3.80. The molecule has 1 aromatic heterocycles. The van der Waals surface area contributed by atoms with Crippen LogP contribution < -0.4 is 14.9 Å². The van der Waals surface area contributed by atoms with Gasteiger partial charge in [-0.05, 0) is 36.4 Å². The molecule has 136 valence electrons. The van der Waals surface area contributed by atoms with E-state index >= 15 is 0 Å². The van der Waals surface area contributed by atoms with Crippen molar-refractivity contribution < 1.29 is 18.7 Å². The molecule has 1 aliphatic heterocycles. The number of carbonyl (C=O) groups excluding carboxylic acids is 1. The van der Waals surface area contributed by atoms with Crippen LogP contribution in [0.5, 0.6) is 11.5 Å². The van der Waals surface area contributed by atoms with Gasteiger partial charge in [0.1, 0.15) is 18.1 Å². The highest BCUT2D eigenvalue weighted by molar-refractivity contribution is 6.33. The summed E-state index contributed by atoms with van der Waals surface area (Å²) in [6.45, 7) is 0.121. The first-order chi connectivity index (χ1) is 13.2. The molecule has 0 aliphatic carbocycles. The van der Waals surface area contributed by atoms with E-state index < -0.39 is 12.0 Å². The number of hydrazone groups is 1. The Morgan fingerprint density at radius 2 is 1.85 bits per heavy atom. The normalized spacial score (nSPS) is 15.7. The van der Waals surface area contributed by atoms with E-state index in [1.54, 1.807) is 30.3 Å². The van der Waals surface area contributed by atoms with Crippen LogP contribution >= 0.6 is 11.6 Å². The fraction of sp³-hybridized carbons (Fsp3) is 0.100. The zero-order valence-corrected chi connectivity index (χ0v) is 14.8. The maximum Gasteiger partial charge on any atom is 0.284 e. The van der Waals surface area contributed by atoms with Crippen molar-refractivity contribution in [1.82, 2.24) is 5.43 Å². The molecule has 1 atom stereocenters. The van der Waals surface area contributed by atoms with Gasteiger partial charge in [-0.25, -0.2) is 5.43 Å². The van der Waals surface area contributed by atoms with Gasteiger partial charge in [0.15, 0.2) is 11.5 Å². The second kappa shape index (κ2) is 7.55. The summed E-state index contributed by atoms with van der Waals surface area (Å²) in [7, 11) is 0. The standard InChI is InChI=1S/C20H15ClN2O4/c21-15-6-2-1-5-14(15)16-10-9-13(26-16)11-22-23-20(24)19-12-25-17-7-3-4-8-18(17)27-19/h1-11,19H,12H2,(H,23,24)/b22-11-/t19-/m0/s1. The number of benzene rings is 2. The summed E-state index contributed by atoms with van der Waals surface area (Å²) < 4.78 is 16.8. The van der Waals surface area contributed by atoms with Crippen molar-refractivity contribution in [3.05, 3.63) is 71.4 Å². The van der Waals surface area contributed by atoms with Crippen LogP contribution in [0.4, 0.5) is 0 Å². The Hall–Kier alpha value is -3.25. The van der Waals surface area contributed by atoms with Gasteiger partial charge >= 0.3 is 0 Å². The number of furan rings is 1. The van der Waals surface area contributed by atoms with Crippen LogP contribution in [-0.4, -0.2) is 24.8 Å². The molecule has 2 heterocycles. The molecular formula is C20H15ClN2O4. The smallest absolute Gasteiger partial charge is 0.284 e. The monoisotopic (exact) mass is 382 g/mol. The molecule has 1 aliphatic rings. The van der Waals surface area contributed by atoms with Crippen molar-refractivity contribution >= 4 is 23.7 Å². The summed E-state index contributed by atoms with van der Waals surface area (Å²) in [5.74, 6) is 1.85. The summed E-state index contributed by atoms with van der Waals surface area (Å²) in [5.41, 5.74) is 3.22. The Bertz CT molecular complexity index is 999. The zero-order valence-electron chi connectivity index (χ0n) is 14.1. The first kappa shape index (κ1) is 17.2. The first-order valence-electron chi connectivity index (χ1n) is 8.27. The van der Waals surface area contributed by atoms with Crippen molar-refractivity contribution in [2.45, 2.75) is 6.10 Å². The van der Waals surface area contributed by atoms with E-state index in [-0.39, 0.29) is 6.61 Å². The number of rotatable bonds is 4. The number of amides is 1. The lowest BCUT2D eigenvalue weighted by molar-refractivity contribution is -0.130. The largest absolute Gasteiger partial charge is 0.485 e. The molecule has 2 aromatic carbocycles. The van der Waals surface area contributed by atoms with E-state index in [1.807, 2.05) is 30.3 Å². The van der Waals surface area contributed by atoms with Gasteiger partial charge in [0.2, 0.25) is 6.10 Å². The second-order valence-electron chi connectivity index (χ2n) is 5.78. The number of halogens is 1. The highest BCUT2D eigenvalue weighted by atomic mass is 35.5. The first-order valence-corrected chi connectivity index (χ1v) is 8.64. The summed E-state index contributed by atoms with van der Waals surface area (Å²) in [6.07, 6.45) is 0.642. The quantitative estimate of drug-likeness (QED) is 0.548. The van der Waals surface area contributed by atoms with Crippen molar-refractivity contribution in [2.24, 2.45) is 5.10 Å². The van der Waals surface area contributed by atoms with Gasteiger partial charge < -0.3 is 13.9 Å². The maximum atomic E-state index is 12.2. The Morgan fingerprint density at radius 3 is 2.70 bits per heavy atom. The molecule has 0 unspecified atom stereocenters. The van der Waals surface area contributed by atoms with E-state index in [0.29, 0.717) is 28.0 Å². The highest BCUT2D eigenvalue weighted by Crippen LogP contribution is 2.31. The average molecular weight is 383 g/mol. The molecule has 0 radical (unpaired) electrons. The third-order valence-electron chi connectivity index (χ3n) is 3.93. The summed E-state index contributed by atoms with van der Waals surface area (Å²) in [4.78, 5) is 12.2. The molecule has 3 aromatic rings. The molecule has 4 rings (SSSR count). The average Bonchev–Trinajstić information content (AvgIpc) is 3.16. The number of nitrogens with one attached hydrogen (secondary N) is 1. The Morgan fingerprint density at radius 1 is 1.07 bits per heavy atom. The minimum absolute atomic E-state index is 0.121. The van der Waals surface area contributed by atoms with E-state index in [4.69, 9.17) is 25.5 Å². The SMILES string of the molecule is O=C(N/N=C\c1ccc(-c2ccccc2Cl)o1)[C@@H]1COc2ccccc2O1. The minimum atomic E-state index is -0.771. The number of hydrogen-bond acceptors (Lipinski definition) is 5. The molecule has 0 spiro atoms. The number of ether oxygens (including phenoxy) is 2. The molecule has 7 heteroatoms. The van der Waals surface area contributed by atoms with Gasteiger partial charge in [0, 0.05) is 5.56 Å². The molecule has 27 heavy (non-hydrogen) atoms. The molecule has 1 N–H and O–H groups in total. The lowest BCUT2D eigenvalue weighted by Gasteiger charge is -2.24. The Labute approximate surface area is 160 Å². The minimum Gasteiger partial charge on any atom is -0.485 e. The van der Waals surface area contributed by atoms with E-state index in [0.717, 1.165) is 5.56 Å². The van der Waals surface area contributed by atoms with Gasteiger partial charge in [-0.1, -0.05) is 35.9 Å². The Balaban J connectivity index is 1.37. The van der Waals surface area contributed by atoms with Crippen LogP contribution in [0.3, 0.4) is 0 Å². The number of carbonyl (C=O) groups is 1. The van der Waals surface area contributed by atoms with Gasteiger partial charge in [-0.15, -0.1) is 0 Å². The third-order valence-corrected chi connectivity index (χ3v) is 4.26. The molecule has 0 bridgehead atoms. The highest BCUT2D eigenvalue weighted by Gasteiger charge is 2.27. The van der Waals surface area contributed by atoms with Crippen LogP contribution in [0.25, 0.3) is 11.3 Å². The molecule has 6 nitrogen and oxygen atoms in total. The number of para-hydroxylation sites is 2. The van der Waals surface area contributed by atoms with Crippen LogP contribution in [0, 0.1) is 0 Å². The Kier molecular flexibility index (Phi) is 4.80. The van der Waals surface area contributed by atoms with Crippen LogP contribution in [0.1, 0.15) is 5.76 Å². The molecule has 0 fully saturated rings. The van der Waals surface area contributed by atoms with Crippen LogP contribution in [0.2, 0.25) is 5.02 Å². The molecule has 0 saturated heterocycles. The van der Waals surface area contributed by atoms with E-state index in [2.05, 4.69) is 10.5 Å². The van der Waals surface area contributed by atoms with Crippen LogP contribution in [0.15, 0.2) is 70.2 Å². The number of nitrogens with zero attached hydrogens (tertiary/aromatic N) is 1. The van der Waals surface area contributed by atoms with E-state index in [1.165, 1.54) is 6.21 Å². The zero-order chi connectivity index (χ0) is 18.6. The number of hydrogen-bond donors (Lipinski definition) is 1. The fourth-order valence-electron chi connectivity index (χ4n) is 2.61. The van der Waals surface area contributed by atoms with Gasteiger partial charge in [0.25, 0.3) is 5.91 Å². The molecular weight excluding hydrogens is 368 g/mol. The molecule has 1 amide bonds. The summed E-state index contributed by atoms with van der Waals surface area (Å²) in [5, 5.41) is 4.51. The van der Waals surface area contributed by atoms with Gasteiger partial charge in [-0.2, -0.15) is 5.10 Å². The van der Waals surface area contributed by atoms with Crippen molar-refractivity contribution in [1.29, 1.82) is 0 Å². The second-order valence-corrected chi connectivity index (χ2v) is 6.19. The van der Waals surface area contributed by atoms with E-state index in [9.17, 15) is 4.79 Å². The molecule has 0 saturated carbocycles. The van der Waals surface area contributed by atoms with Crippen molar-refractivity contribution in [2.75, 3.05) is 6.61 Å². The van der Waals surface area contributed by atoms with Crippen molar-refractivity contribution in [3.63, 3.8) is 0 Å². The maximum absolute atomic E-state index is 12.2. The predicted octanol–water partition coefficient (Wildman–Crippen LogP) is 3.89. The lowest BCUT2D eigenvalue weighted by atomic mass is 10.2. The van der Waals surface area contributed by atoms with Crippen LogP contribution in [-0.2, 0) is 4.79 Å². The lowest BCUT2D eigenvalue weighted by Crippen LogP contribution is -2.42. The topological polar surface area (TPSA) is 73.1 Å².